The molecule has 0 bridgehead atoms. The molecule has 0 unspecified atom stereocenters. The van der Waals surface area contributed by atoms with Crippen LogP contribution in [0.25, 0.3) is 6.08 Å². The summed E-state index contributed by atoms with van der Waals surface area (Å²) >= 11 is 0. The van der Waals surface area contributed by atoms with Gasteiger partial charge < -0.3 is 10.1 Å². The standard InChI is InChI=1S/C21H25NO2/c1-5-12-24-19-9-7-6-8-18(19)10-11-20(23)22-21-16(3)13-15(2)14-17(21)4/h6-11,13-14H,5,12H2,1-4H3,(H,22,23). The SMILES string of the molecule is CCCOc1ccccc1C=CC(=O)Nc1c(C)cc(C)cc1C. The maximum absolute atomic E-state index is 12.3. The Morgan fingerprint density at radius 1 is 1.12 bits per heavy atom. The van der Waals surface area contributed by atoms with Crippen molar-refractivity contribution in [3.05, 3.63) is 64.7 Å². The molecule has 0 saturated heterocycles. The minimum Gasteiger partial charge on any atom is -0.493 e. The van der Waals surface area contributed by atoms with Gasteiger partial charge in [-0.3, -0.25) is 4.79 Å². The Morgan fingerprint density at radius 2 is 1.79 bits per heavy atom. The second-order valence-electron chi connectivity index (χ2n) is 5.98. The Bertz CT molecular complexity index is 724. The van der Waals surface area contributed by atoms with Gasteiger partial charge in [0, 0.05) is 17.3 Å². The summed E-state index contributed by atoms with van der Waals surface area (Å²) in [6, 6.07) is 11.9. The van der Waals surface area contributed by atoms with Gasteiger partial charge in [0.15, 0.2) is 0 Å². The predicted molar refractivity (Wildman–Crippen MR) is 101 cm³/mol. The zero-order valence-electron chi connectivity index (χ0n) is 14.8. The molecular formula is C21H25NO2. The smallest absolute Gasteiger partial charge is 0.248 e. The highest BCUT2D eigenvalue weighted by Gasteiger charge is 2.06. The molecule has 1 N–H and O–H groups in total. The minimum atomic E-state index is -0.143. The number of benzene rings is 2. The Labute approximate surface area is 144 Å². The minimum absolute atomic E-state index is 0.143. The van der Waals surface area contributed by atoms with E-state index in [-0.39, 0.29) is 5.91 Å². The van der Waals surface area contributed by atoms with E-state index in [4.69, 9.17) is 4.74 Å². The van der Waals surface area contributed by atoms with Gasteiger partial charge in [-0.2, -0.15) is 0 Å². The zero-order chi connectivity index (χ0) is 17.5. The molecule has 0 aliphatic carbocycles. The number of carbonyl (C=O) groups is 1. The maximum atomic E-state index is 12.3. The summed E-state index contributed by atoms with van der Waals surface area (Å²) in [7, 11) is 0. The Hall–Kier alpha value is -2.55. The van der Waals surface area contributed by atoms with Crippen molar-refractivity contribution in [3.63, 3.8) is 0 Å². The van der Waals surface area contributed by atoms with Crippen LogP contribution in [0.5, 0.6) is 5.75 Å². The zero-order valence-corrected chi connectivity index (χ0v) is 14.8. The Morgan fingerprint density at radius 3 is 2.46 bits per heavy atom. The topological polar surface area (TPSA) is 38.3 Å². The van der Waals surface area contributed by atoms with E-state index in [1.54, 1.807) is 12.2 Å². The fourth-order valence-electron chi connectivity index (χ4n) is 2.67. The highest BCUT2D eigenvalue weighted by molar-refractivity contribution is 6.03. The number of anilines is 1. The number of aryl methyl sites for hydroxylation is 3. The van der Waals surface area contributed by atoms with Gasteiger partial charge in [0.2, 0.25) is 5.91 Å². The molecule has 0 heterocycles. The van der Waals surface area contributed by atoms with Gasteiger partial charge >= 0.3 is 0 Å². The Kier molecular flexibility index (Phi) is 6.19. The van der Waals surface area contributed by atoms with Gasteiger partial charge in [-0.05, 0) is 50.5 Å². The summed E-state index contributed by atoms with van der Waals surface area (Å²) in [5.41, 5.74) is 5.12. The molecule has 0 aromatic heterocycles. The molecule has 1 amide bonds. The van der Waals surface area contributed by atoms with Gasteiger partial charge in [0.25, 0.3) is 0 Å². The number of para-hydroxylation sites is 1. The highest BCUT2D eigenvalue weighted by atomic mass is 16.5. The highest BCUT2D eigenvalue weighted by Crippen LogP contribution is 2.23. The van der Waals surface area contributed by atoms with Crippen LogP contribution in [0.1, 0.15) is 35.6 Å². The molecule has 3 heteroatoms. The molecule has 0 radical (unpaired) electrons. The van der Waals surface area contributed by atoms with Gasteiger partial charge in [0.05, 0.1) is 6.61 Å². The van der Waals surface area contributed by atoms with Crippen molar-refractivity contribution in [1.82, 2.24) is 0 Å². The number of nitrogens with one attached hydrogen (secondary N) is 1. The van der Waals surface area contributed by atoms with E-state index in [1.807, 2.05) is 38.1 Å². The molecule has 0 atom stereocenters. The normalized spacial score (nSPS) is 10.8. The van der Waals surface area contributed by atoms with Crippen molar-refractivity contribution in [2.45, 2.75) is 34.1 Å². The van der Waals surface area contributed by atoms with Crippen molar-refractivity contribution in [1.29, 1.82) is 0 Å². The fourth-order valence-corrected chi connectivity index (χ4v) is 2.67. The third-order valence-electron chi connectivity index (χ3n) is 3.72. The van der Waals surface area contributed by atoms with E-state index < -0.39 is 0 Å². The van der Waals surface area contributed by atoms with Crippen molar-refractivity contribution >= 4 is 17.7 Å². The summed E-state index contributed by atoms with van der Waals surface area (Å²) in [6.45, 7) is 8.80. The van der Waals surface area contributed by atoms with Crippen LogP contribution in [0.15, 0.2) is 42.5 Å². The van der Waals surface area contributed by atoms with Gasteiger partial charge in [-0.25, -0.2) is 0 Å². The quantitative estimate of drug-likeness (QED) is 0.755. The first kappa shape index (κ1) is 17.8. The summed E-state index contributed by atoms with van der Waals surface area (Å²) in [5, 5.41) is 2.97. The number of carbonyl (C=O) groups excluding carboxylic acids is 1. The lowest BCUT2D eigenvalue weighted by Crippen LogP contribution is -2.10. The number of hydrogen-bond donors (Lipinski definition) is 1. The first-order valence-electron chi connectivity index (χ1n) is 8.30. The van der Waals surface area contributed by atoms with Crippen LogP contribution in [-0.2, 0) is 4.79 Å². The summed E-state index contributed by atoms with van der Waals surface area (Å²) in [6.07, 6.45) is 4.29. The van der Waals surface area contributed by atoms with E-state index in [1.165, 1.54) is 5.56 Å². The molecule has 126 valence electrons. The maximum Gasteiger partial charge on any atom is 0.248 e. The molecule has 2 aromatic carbocycles. The van der Waals surface area contributed by atoms with E-state index in [2.05, 4.69) is 31.3 Å². The first-order chi connectivity index (χ1) is 11.5. The van der Waals surface area contributed by atoms with E-state index >= 15 is 0 Å². The lowest BCUT2D eigenvalue weighted by molar-refractivity contribution is -0.111. The molecule has 2 aromatic rings. The van der Waals surface area contributed by atoms with Crippen LogP contribution in [0.4, 0.5) is 5.69 Å². The molecule has 3 nitrogen and oxygen atoms in total. The van der Waals surface area contributed by atoms with Crippen LogP contribution in [0.2, 0.25) is 0 Å². The van der Waals surface area contributed by atoms with Crippen LogP contribution in [0, 0.1) is 20.8 Å². The molecule has 2 rings (SSSR count). The lowest BCUT2D eigenvalue weighted by atomic mass is 10.1. The van der Waals surface area contributed by atoms with Crippen molar-refractivity contribution in [2.75, 3.05) is 11.9 Å². The molecule has 0 saturated carbocycles. The molecule has 24 heavy (non-hydrogen) atoms. The molecule has 0 aliphatic rings. The summed E-state index contributed by atoms with van der Waals surface area (Å²) in [5.74, 6) is 0.654. The van der Waals surface area contributed by atoms with Crippen LogP contribution in [0.3, 0.4) is 0 Å². The van der Waals surface area contributed by atoms with Crippen LogP contribution >= 0.6 is 0 Å². The summed E-state index contributed by atoms with van der Waals surface area (Å²) in [4.78, 5) is 12.3. The lowest BCUT2D eigenvalue weighted by Gasteiger charge is -2.11. The molecular weight excluding hydrogens is 298 g/mol. The van der Waals surface area contributed by atoms with E-state index in [0.29, 0.717) is 6.61 Å². The summed E-state index contributed by atoms with van der Waals surface area (Å²) < 4.78 is 5.71. The second kappa shape index (κ2) is 8.34. The third-order valence-corrected chi connectivity index (χ3v) is 3.72. The molecule has 0 fully saturated rings. The number of amides is 1. The number of ether oxygens (including phenoxy) is 1. The second-order valence-corrected chi connectivity index (χ2v) is 5.98. The average molecular weight is 323 g/mol. The van der Waals surface area contributed by atoms with Gasteiger partial charge in [-0.15, -0.1) is 0 Å². The van der Waals surface area contributed by atoms with Gasteiger partial charge in [-0.1, -0.05) is 42.8 Å². The third kappa shape index (κ3) is 4.72. The molecule has 0 aliphatic heterocycles. The largest absolute Gasteiger partial charge is 0.493 e. The Balaban J connectivity index is 2.12. The number of rotatable bonds is 6. The monoisotopic (exact) mass is 323 g/mol. The number of hydrogen-bond acceptors (Lipinski definition) is 2. The van der Waals surface area contributed by atoms with Crippen LogP contribution in [-0.4, -0.2) is 12.5 Å². The van der Waals surface area contributed by atoms with Crippen LogP contribution < -0.4 is 10.1 Å². The van der Waals surface area contributed by atoms with E-state index in [0.717, 1.165) is 34.5 Å². The van der Waals surface area contributed by atoms with Crippen molar-refractivity contribution in [2.24, 2.45) is 0 Å². The fraction of sp³-hybridized carbons (Fsp3) is 0.286. The molecule has 0 spiro atoms. The predicted octanol–water partition coefficient (Wildman–Crippen LogP) is 5.05. The first-order valence-corrected chi connectivity index (χ1v) is 8.30. The van der Waals surface area contributed by atoms with Crippen molar-refractivity contribution in [3.8, 4) is 5.75 Å². The van der Waals surface area contributed by atoms with E-state index in [9.17, 15) is 4.79 Å². The average Bonchev–Trinajstić information content (AvgIpc) is 2.55. The van der Waals surface area contributed by atoms with Gasteiger partial charge in [0.1, 0.15) is 5.75 Å². The van der Waals surface area contributed by atoms with Crippen molar-refractivity contribution < 1.29 is 9.53 Å².